The summed E-state index contributed by atoms with van der Waals surface area (Å²) < 4.78 is 11.1. The number of amides is 1. The lowest BCUT2D eigenvalue weighted by atomic mass is 10.2. The Kier molecular flexibility index (Phi) is 5.03. The molecule has 0 aliphatic carbocycles. The lowest BCUT2D eigenvalue weighted by molar-refractivity contribution is -0.130. The molecule has 1 aliphatic rings. The lowest BCUT2D eigenvalue weighted by Gasteiger charge is -2.25. The van der Waals surface area contributed by atoms with Crippen LogP contribution in [-0.2, 0) is 4.79 Å². The van der Waals surface area contributed by atoms with Crippen molar-refractivity contribution in [2.45, 2.75) is 19.4 Å². The van der Waals surface area contributed by atoms with Crippen LogP contribution in [0, 0.1) is 0 Å². The predicted octanol–water partition coefficient (Wildman–Crippen LogP) is 0.942. The Morgan fingerprint density at radius 3 is 2.89 bits per heavy atom. The molecule has 2 rings (SSSR count). The maximum atomic E-state index is 11.9. The third-order valence-electron chi connectivity index (χ3n) is 2.88. The molecule has 0 radical (unpaired) electrons. The van der Waals surface area contributed by atoms with Crippen molar-refractivity contribution in [3.8, 4) is 11.5 Å². The van der Waals surface area contributed by atoms with E-state index in [4.69, 9.17) is 9.47 Å². The van der Waals surface area contributed by atoms with E-state index in [2.05, 4.69) is 17.6 Å². The first-order valence-corrected chi connectivity index (χ1v) is 6.68. The second-order valence-electron chi connectivity index (χ2n) is 4.36. The summed E-state index contributed by atoms with van der Waals surface area (Å²) in [6.07, 6.45) is 0.345. The van der Waals surface area contributed by atoms with Gasteiger partial charge in [0.05, 0.1) is 0 Å². The normalized spacial score (nSPS) is 17.0. The van der Waals surface area contributed by atoms with Gasteiger partial charge in [0.15, 0.2) is 11.5 Å². The number of nitrogens with one attached hydrogen (secondary N) is 2. The maximum Gasteiger partial charge on any atom is 0.264 e. The van der Waals surface area contributed by atoms with Crippen molar-refractivity contribution in [1.29, 1.82) is 0 Å². The van der Waals surface area contributed by atoms with E-state index in [-0.39, 0.29) is 12.5 Å². The van der Waals surface area contributed by atoms with Crippen molar-refractivity contribution >= 4 is 5.91 Å². The Hall–Kier alpha value is -1.75. The summed E-state index contributed by atoms with van der Waals surface area (Å²) in [6.45, 7) is 4.82. The number of para-hydroxylation sites is 2. The highest BCUT2D eigenvalue weighted by molar-refractivity contribution is 5.81. The highest BCUT2D eigenvalue weighted by atomic mass is 16.6. The van der Waals surface area contributed by atoms with E-state index in [1.165, 1.54) is 0 Å². The molecule has 0 saturated heterocycles. The van der Waals surface area contributed by atoms with E-state index < -0.39 is 6.10 Å². The molecule has 5 heteroatoms. The third kappa shape index (κ3) is 3.86. The van der Waals surface area contributed by atoms with Crippen LogP contribution < -0.4 is 20.1 Å². The van der Waals surface area contributed by atoms with Crippen molar-refractivity contribution in [2.75, 3.05) is 26.2 Å². The average Bonchev–Trinajstić information content (AvgIpc) is 2.46. The highest BCUT2D eigenvalue weighted by Gasteiger charge is 2.26. The summed E-state index contributed by atoms with van der Waals surface area (Å²) >= 11 is 0. The minimum absolute atomic E-state index is 0.119. The van der Waals surface area contributed by atoms with Gasteiger partial charge in [0.25, 0.3) is 5.91 Å². The smallest absolute Gasteiger partial charge is 0.264 e. The minimum Gasteiger partial charge on any atom is -0.485 e. The number of hydrogen-bond donors (Lipinski definition) is 2. The first-order chi connectivity index (χ1) is 9.31. The fourth-order valence-electron chi connectivity index (χ4n) is 1.86. The van der Waals surface area contributed by atoms with Gasteiger partial charge in [0.2, 0.25) is 6.10 Å². The Balaban J connectivity index is 1.76. The summed E-state index contributed by atoms with van der Waals surface area (Å²) in [6, 6.07) is 7.38. The van der Waals surface area contributed by atoms with Crippen LogP contribution in [0.25, 0.3) is 0 Å². The molecule has 0 fully saturated rings. The largest absolute Gasteiger partial charge is 0.485 e. The van der Waals surface area contributed by atoms with Crippen LogP contribution in [0.15, 0.2) is 24.3 Å². The molecule has 1 aromatic carbocycles. The van der Waals surface area contributed by atoms with Crippen molar-refractivity contribution in [2.24, 2.45) is 0 Å². The standard InChI is InChI=1S/C14H20N2O3/c1-2-15-8-5-9-16-14(17)13-10-18-11-6-3-4-7-12(11)19-13/h3-4,6-7,13,15H,2,5,8-10H2,1H3,(H,16,17). The van der Waals surface area contributed by atoms with Gasteiger partial charge in [-0.2, -0.15) is 0 Å². The van der Waals surface area contributed by atoms with Crippen molar-refractivity contribution in [3.05, 3.63) is 24.3 Å². The molecular weight excluding hydrogens is 244 g/mol. The molecule has 5 nitrogen and oxygen atoms in total. The van der Waals surface area contributed by atoms with Gasteiger partial charge in [-0.3, -0.25) is 4.79 Å². The van der Waals surface area contributed by atoms with E-state index in [1.807, 2.05) is 18.2 Å². The molecule has 0 bridgehead atoms. The number of rotatable bonds is 6. The molecule has 104 valence electrons. The summed E-state index contributed by atoms with van der Waals surface area (Å²) in [7, 11) is 0. The van der Waals surface area contributed by atoms with Gasteiger partial charge < -0.3 is 20.1 Å². The molecule has 1 unspecified atom stereocenters. The van der Waals surface area contributed by atoms with Gasteiger partial charge in [-0.05, 0) is 31.6 Å². The molecule has 2 N–H and O–H groups in total. The highest BCUT2D eigenvalue weighted by Crippen LogP contribution is 2.30. The Morgan fingerprint density at radius 2 is 2.11 bits per heavy atom. The minimum atomic E-state index is -0.561. The summed E-state index contributed by atoms with van der Waals surface area (Å²) in [5.74, 6) is 1.20. The second kappa shape index (κ2) is 6.99. The van der Waals surface area contributed by atoms with Crippen LogP contribution in [0.4, 0.5) is 0 Å². The SMILES string of the molecule is CCNCCCNC(=O)C1COc2ccccc2O1. The number of carbonyl (C=O) groups is 1. The van der Waals surface area contributed by atoms with Gasteiger partial charge in [-0.15, -0.1) is 0 Å². The molecule has 1 aromatic rings. The molecule has 1 aliphatic heterocycles. The van der Waals surface area contributed by atoms with Crippen LogP contribution in [0.5, 0.6) is 11.5 Å². The molecule has 0 aromatic heterocycles. The molecule has 19 heavy (non-hydrogen) atoms. The van der Waals surface area contributed by atoms with Gasteiger partial charge in [-0.1, -0.05) is 19.1 Å². The first-order valence-electron chi connectivity index (χ1n) is 6.68. The fourth-order valence-corrected chi connectivity index (χ4v) is 1.86. The Morgan fingerprint density at radius 1 is 1.32 bits per heavy atom. The van der Waals surface area contributed by atoms with Crippen molar-refractivity contribution in [3.63, 3.8) is 0 Å². The topological polar surface area (TPSA) is 59.6 Å². The lowest BCUT2D eigenvalue weighted by Crippen LogP contribution is -2.44. The van der Waals surface area contributed by atoms with Crippen molar-refractivity contribution < 1.29 is 14.3 Å². The molecular formula is C14H20N2O3. The first kappa shape index (κ1) is 13.7. The average molecular weight is 264 g/mol. The van der Waals surface area contributed by atoms with Crippen LogP contribution >= 0.6 is 0 Å². The molecule has 0 saturated carbocycles. The van der Waals surface area contributed by atoms with Crippen LogP contribution in [0.2, 0.25) is 0 Å². The van der Waals surface area contributed by atoms with Gasteiger partial charge in [0.1, 0.15) is 6.61 Å². The van der Waals surface area contributed by atoms with E-state index in [9.17, 15) is 4.79 Å². The van der Waals surface area contributed by atoms with E-state index in [0.717, 1.165) is 19.5 Å². The zero-order valence-electron chi connectivity index (χ0n) is 11.1. The van der Waals surface area contributed by atoms with Crippen LogP contribution in [0.1, 0.15) is 13.3 Å². The Labute approximate surface area is 113 Å². The summed E-state index contributed by atoms with van der Waals surface area (Å²) in [4.78, 5) is 11.9. The number of carbonyl (C=O) groups excluding carboxylic acids is 1. The Bertz CT molecular complexity index is 423. The predicted molar refractivity (Wildman–Crippen MR) is 72.5 cm³/mol. The van der Waals surface area contributed by atoms with Crippen molar-refractivity contribution in [1.82, 2.24) is 10.6 Å². The number of hydrogen-bond acceptors (Lipinski definition) is 4. The second-order valence-corrected chi connectivity index (χ2v) is 4.36. The number of ether oxygens (including phenoxy) is 2. The van der Waals surface area contributed by atoms with Gasteiger partial charge in [0, 0.05) is 6.54 Å². The zero-order chi connectivity index (χ0) is 13.5. The monoisotopic (exact) mass is 264 g/mol. The maximum absolute atomic E-state index is 11.9. The number of fused-ring (bicyclic) bond motifs is 1. The van der Waals surface area contributed by atoms with E-state index in [0.29, 0.717) is 18.0 Å². The van der Waals surface area contributed by atoms with E-state index >= 15 is 0 Å². The molecule has 1 atom stereocenters. The molecule has 0 spiro atoms. The molecule has 1 heterocycles. The fraction of sp³-hybridized carbons (Fsp3) is 0.500. The van der Waals surface area contributed by atoms with Gasteiger partial charge in [-0.25, -0.2) is 0 Å². The van der Waals surface area contributed by atoms with Crippen LogP contribution in [-0.4, -0.2) is 38.3 Å². The molecule has 1 amide bonds. The quantitative estimate of drug-likeness (QED) is 0.751. The third-order valence-corrected chi connectivity index (χ3v) is 2.88. The summed E-state index contributed by atoms with van der Waals surface area (Å²) in [5, 5.41) is 6.07. The van der Waals surface area contributed by atoms with Crippen LogP contribution in [0.3, 0.4) is 0 Å². The van der Waals surface area contributed by atoms with Gasteiger partial charge >= 0.3 is 0 Å². The summed E-state index contributed by atoms with van der Waals surface area (Å²) in [5.41, 5.74) is 0. The van der Waals surface area contributed by atoms with E-state index in [1.54, 1.807) is 6.07 Å². The zero-order valence-corrected chi connectivity index (χ0v) is 11.1. The number of benzene rings is 1.